The molecule has 0 radical (unpaired) electrons. The number of para-hydroxylation sites is 1. The molecule has 10 nitrogen and oxygen atoms in total. The van der Waals surface area contributed by atoms with Crippen LogP contribution in [0.2, 0.25) is 0 Å². The first kappa shape index (κ1) is 26.9. The van der Waals surface area contributed by atoms with Crippen LogP contribution in [0, 0.1) is 33.7 Å². The van der Waals surface area contributed by atoms with E-state index < -0.39 is 16.6 Å². The van der Waals surface area contributed by atoms with E-state index in [9.17, 15) is 19.3 Å². The number of nitro benzene ring substituents is 1. The van der Waals surface area contributed by atoms with Crippen molar-refractivity contribution in [3.05, 3.63) is 64.2 Å². The van der Waals surface area contributed by atoms with Crippen molar-refractivity contribution in [3.63, 3.8) is 0 Å². The van der Waals surface area contributed by atoms with Gasteiger partial charge in [0.05, 0.1) is 23.9 Å². The van der Waals surface area contributed by atoms with E-state index in [2.05, 4.69) is 22.4 Å². The number of methoxy groups -OCH3 is 1. The number of benzene rings is 2. The third-order valence-corrected chi connectivity index (χ3v) is 8.70. The average Bonchev–Trinajstić information content (AvgIpc) is 3.67. The van der Waals surface area contributed by atoms with Crippen molar-refractivity contribution in [2.24, 2.45) is 17.8 Å². The fraction of sp³-hybridized carbons (Fsp3) is 0.444. The van der Waals surface area contributed by atoms with Gasteiger partial charge in [0.1, 0.15) is 18.0 Å². The van der Waals surface area contributed by atoms with E-state index in [4.69, 9.17) is 9.47 Å². The summed E-state index contributed by atoms with van der Waals surface area (Å²) in [6.07, 6.45) is 4.88. The molecule has 4 atom stereocenters. The highest BCUT2D eigenvalue weighted by Gasteiger charge is 2.43. The molecule has 12 heteroatoms. The summed E-state index contributed by atoms with van der Waals surface area (Å²) in [5.74, 6) is 1.96. The molecular weight excluding hydrogens is 525 g/mol. The number of nitrogens with one attached hydrogen (secondary N) is 1. The third kappa shape index (κ3) is 5.85. The third-order valence-electron chi connectivity index (χ3n) is 7.76. The quantitative estimate of drug-likeness (QED) is 0.183. The highest BCUT2D eigenvalue weighted by molar-refractivity contribution is 7.99. The van der Waals surface area contributed by atoms with Crippen LogP contribution >= 0.6 is 11.8 Å². The van der Waals surface area contributed by atoms with E-state index in [-0.39, 0.29) is 35.5 Å². The molecule has 0 saturated heterocycles. The first-order valence-corrected chi connectivity index (χ1v) is 13.9. The molecule has 3 aromatic rings. The van der Waals surface area contributed by atoms with Crippen LogP contribution in [0.25, 0.3) is 0 Å². The normalized spacial score (nSPS) is 20.5. The number of aromatic nitrogens is 3. The van der Waals surface area contributed by atoms with E-state index in [0.29, 0.717) is 28.6 Å². The van der Waals surface area contributed by atoms with Crippen molar-refractivity contribution in [1.29, 1.82) is 0 Å². The van der Waals surface area contributed by atoms with Crippen molar-refractivity contribution in [3.8, 4) is 11.5 Å². The van der Waals surface area contributed by atoms with Crippen LogP contribution in [0.3, 0.4) is 0 Å². The summed E-state index contributed by atoms with van der Waals surface area (Å²) in [6.45, 7) is 2.18. The number of carbonyl (C=O) groups is 1. The van der Waals surface area contributed by atoms with Crippen LogP contribution in [-0.2, 0) is 11.4 Å². The molecule has 2 fully saturated rings. The molecule has 0 unspecified atom stereocenters. The topological polar surface area (TPSA) is 121 Å². The Bertz CT molecular complexity index is 1370. The number of rotatable bonds is 11. The minimum absolute atomic E-state index is 0.0288. The minimum atomic E-state index is -0.569. The summed E-state index contributed by atoms with van der Waals surface area (Å²) in [4.78, 5) is 23.7. The van der Waals surface area contributed by atoms with Crippen molar-refractivity contribution in [2.75, 3.05) is 18.2 Å². The van der Waals surface area contributed by atoms with Crippen molar-refractivity contribution < 1.29 is 23.6 Å². The maximum absolute atomic E-state index is 14.1. The first-order valence-electron chi connectivity index (χ1n) is 12.9. The number of carbonyl (C=O) groups excluding carboxylic acids is 1. The van der Waals surface area contributed by atoms with Crippen LogP contribution in [0.5, 0.6) is 11.5 Å². The number of hydrogen-bond acceptors (Lipinski definition) is 8. The Kier molecular flexibility index (Phi) is 8.01. The lowest BCUT2D eigenvalue weighted by molar-refractivity contribution is -0.384. The summed E-state index contributed by atoms with van der Waals surface area (Å²) in [6, 6.07) is 10.5. The van der Waals surface area contributed by atoms with Crippen LogP contribution in [0.1, 0.15) is 44.5 Å². The number of hydrogen-bond donors (Lipinski definition) is 1. The molecule has 0 aliphatic heterocycles. The molecule has 2 bridgehead atoms. The van der Waals surface area contributed by atoms with Gasteiger partial charge in [0, 0.05) is 6.04 Å². The van der Waals surface area contributed by atoms with Crippen molar-refractivity contribution in [1.82, 2.24) is 14.8 Å². The van der Waals surface area contributed by atoms with Crippen molar-refractivity contribution in [2.45, 2.75) is 50.4 Å². The van der Waals surface area contributed by atoms with Gasteiger partial charge in [-0.1, -0.05) is 30.3 Å². The Labute approximate surface area is 229 Å². The molecule has 2 aromatic carbocycles. The molecule has 206 valence electrons. The number of fused-ring (bicyclic) bond motifs is 2. The summed E-state index contributed by atoms with van der Waals surface area (Å²) >= 11 is 1.20. The number of ether oxygens (including phenoxy) is 2. The Morgan fingerprint density at radius 2 is 2.08 bits per heavy atom. The molecule has 0 spiro atoms. The first-order chi connectivity index (χ1) is 18.8. The van der Waals surface area contributed by atoms with Gasteiger partial charge in [0.25, 0.3) is 5.69 Å². The van der Waals surface area contributed by atoms with Crippen LogP contribution in [0.15, 0.2) is 47.6 Å². The Morgan fingerprint density at radius 1 is 1.26 bits per heavy atom. The van der Waals surface area contributed by atoms with Gasteiger partial charge in [-0.15, -0.1) is 10.2 Å². The molecule has 1 N–H and O–H groups in total. The second-order valence-corrected chi connectivity index (χ2v) is 11.0. The monoisotopic (exact) mass is 555 g/mol. The predicted octanol–water partition coefficient (Wildman–Crippen LogP) is 5.64. The summed E-state index contributed by atoms with van der Waals surface area (Å²) in [7, 11) is 1.41. The SMILES string of the molecule is COc1ccc(NC(=O)CSc2nnc(COc3ccccc3F)n2[C@H](C)[C@@H]2C[C@@H]3CC[C@@H]2C3)c([N+](=O)[O-])c1. The minimum Gasteiger partial charge on any atom is -0.496 e. The zero-order valence-electron chi connectivity index (χ0n) is 21.7. The van der Waals surface area contributed by atoms with Gasteiger partial charge in [-0.05, 0) is 68.2 Å². The van der Waals surface area contributed by atoms with E-state index >= 15 is 0 Å². The Balaban J connectivity index is 1.32. The molecule has 5 rings (SSSR count). The number of halogens is 1. The van der Waals surface area contributed by atoms with E-state index in [1.807, 2.05) is 4.57 Å². The largest absolute Gasteiger partial charge is 0.496 e. The predicted molar refractivity (Wildman–Crippen MR) is 143 cm³/mol. The van der Waals surface area contributed by atoms with E-state index in [1.54, 1.807) is 24.3 Å². The second kappa shape index (κ2) is 11.6. The van der Waals surface area contributed by atoms with Gasteiger partial charge >= 0.3 is 0 Å². The highest BCUT2D eigenvalue weighted by atomic mass is 32.2. The molecule has 2 aliphatic rings. The summed E-state index contributed by atoms with van der Waals surface area (Å²) < 4.78 is 27.0. The summed E-state index contributed by atoms with van der Waals surface area (Å²) in [5, 5.41) is 23.3. The maximum atomic E-state index is 14.1. The lowest BCUT2D eigenvalue weighted by Gasteiger charge is -2.30. The molecular formula is C27H30FN5O5S. The summed E-state index contributed by atoms with van der Waals surface area (Å²) in [5.41, 5.74) is -0.171. The van der Waals surface area contributed by atoms with Gasteiger partial charge < -0.3 is 14.8 Å². The molecule has 1 aromatic heterocycles. The molecule has 1 heterocycles. The van der Waals surface area contributed by atoms with Crippen LogP contribution in [0.4, 0.5) is 15.8 Å². The van der Waals surface area contributed by atoms with E-state index in [0.717, 1.165) is 12.3 Å². The van der Waals surface area contributed by atoms with Crippen LogP contribution < -0.4 is 14.8 Å². The Hall–Kier alpha value is -3.67. The highest BCUT2D eigenvalue weighted by Crippen LogP contribution is 2.52. The van der Waals surface area contributed by atoms with Crippen LogP contribution in [-0.4, -0.2) is 38.5 Å². The molecule has 39 heavy (non-hydrogen) atoms. The average molecular weight is 556 g/mol. The number of amides is 1. The standard InChI is InChI=1S/C27H30FN5O5S/c1-16(20-12-17-7-8-18(20)11-17)32-25(14-38-24-6-4-3-5-21(24)28)30-31-27(32)39-15-26(34)29-22-10-9-19(37-2)13-23(22)33(35)36/h3-6,9-10,13,16-18,20H,7-8,11-12,14-15H2,1-2H3,(H,29,34)/t16-,17-,18-,20+/m1/s1. The number of anilines is 1. The fourth-order valence-corrected chi connectivity index (χ4v) is 6.75. The van der Waals surface area contributed by atoms with Crippen molar-refractivity contribution >= 4 is 29.0 Å². The lowest BCUT2D eigenvalue weighted by Crippen LogP contribution is -2.25. The van der Waals surface area contributed by atoms with Gasteiger partial charge in [-0.3, -0.25) is 19.5 Å². The van der Waals surface area contributed by atoms with Gasteiger partial charge in [0.2, 0.25) is 5.91 Å². The number of nitrogens with zero attached hydrogens (tertiary/aromatic N) is 4. The second-order valence-electron chi connectivity index (χ2n) is 10.0. The smallest absolute Gasteiger partial charge is 0.296 e. The number of thioether (sulfide) groups is 1. The fourth-order valence-electron chi connectivity index (χ4n) is 5.91. The van der Waals surface area contributed by atoms with Gasteiger partial charge in [-0.25, -0.2) is 4.39 Å². The van der Waals surface area contributed by atoms with Gasteiger partial charge in [-0.2, -0.15) is 0 Å². The molecule has 2 saturated carbocycles. The maximum Gasteiger partial charge on any atom is 0.296 e. The molecule has 1 amide bonds. The van der Waals surface area contributed by atoms with E-state index in [1.165, 1.54) is 56.3 Å². The Morgan fingerprint density at radius 3 is 2.77 bits per heavy atom. The van der Waals surface area contributed by atoms with Gasteiger partial charge in [0.15, 0.2) is 22.5 Å². The number of nitro groups is 1. The lowest BCUT2D eigenvalue weighted by atomic mass is 9.84. The zero-order valence-corrected chi connectivity index (χ0v) is 22.5. The zero-order chi connectivity index (χ0) is 27.5. The molecule has 2 aliphatic carbocycles.